The van der Waals surface area contributed by atoms with Crippen LogP contribution in [0.25, 0.3) is 0 Å². The molecular weight excluding hydrogens is 801 g/mol. The predicted octanol–water partition coefficient (Wildman–Crippen LogP) is -4.01. The van der Waals surface area contributed by atoms with Crippen molar-refractivity contribution in [3.63, 3.8) is 0 Å². The number of carbonyl (C=O) groups excluding carboxylic acids is 7. The number of carboxylic acid groups (broad SMARTS) is 4. The number of carboxylic acids is 4. The second kappa shape index (κ2) is 27.4. The summed E-state index contributed by atoms with van der Waals surface area (Å²) in [6.07, 6.45) is -0.856. The number of carbonyl (C=O) groups is 11. The lowest BCUT2D eigenvalue weighted by Crippen LogP contribution is -2.58. The molecule has 0 saturated heterocycles. The molecule has 0 bridgehead atoms. The van der Waals surface area contributed by atoms with Gasteiger partial charge in [-0.3, -0.25) is 47.9 Å². The van der Waals surface area contributed by atoms with E-state index in [2.05, 4.69) is 49.8 Å². The molecule has 6 atom stereocenters. The van der Waals surface area contributed by atoms with E-state index < -0.39 is 140 Å². The minimum Gasteiger partial charge on any atom is -0.481 e. The van der Waals surface area contributed by atoms with Crippen molar-refractivity contribution >= 4 is 89.6 Å². The van der Waals surface area contributed by atoms with E-state index in [1.54, 1.807) is 20.1 Å². The van der Waals surface area contributed by atoms with Crippen LogP contribution in [0.5, 0.6) is 0 Å². The molecule has 23 nitrogen and oxygen atoms in total. The van der Waals surface area contributed by atoms with Gasteiger partial charge in [0.25, 0.3) is 0 Å². The van der Waals surface area contributed by atoms with E-state index in [9.17, 15) is 63.0 Å². The van der Waals surface area contributed by atoms with Crippen LogP contribution < -0.4 is 43.0 Å². The Bertz CT molecular complexity index is 1470. The fraction of sp³-hybridized carbons (Fsp3) is 0.656. The maximum Gasteiger partial charge on any atom is 0.326 e. The van der Waals surface area contributed by atoms with Crippen molar-refractivity contribution in [1.82, 2.24) is 37.2 Å². The number of hydrogen-bond donors (Lipinski definition) is 13. The summed E-state index contributed by atoms with van der Waals surface area (Å²) in [5.41, 5.74) is 5.60. The van der Waals surface area contributed by atoms with Gasteiger partial charge in [-0.25, -0.2) is 4.79 Å². The van der Waals surface area contributed by atoms with Crippen LogP contribution in [0.3, 0.4) is 0 Å². The Labute approximate surface area is 336 Å². The molecule has 13 N–H and O–H groups in total. The minimum absolute atomic E-state index is 0.00127. The van der Waals surface area contributed by atoms with Gasteiger partial charge >= 0.3 is 23.9 Å². The first-order valence-electron chi connectivity index (χ1n) is 17.4. The van der Waals surface area contributed by atoms with Gasteiger partial charge in [0.05, 0.1) is 25.6 Å². The molecule has 0 rings (SSSR count). The van der Waals surface area contributed by atoms with Crippen molar-refractivity contribution in [2.75, 3.05) is 30.9 Å². The molecule has 0 fully saturated rings. The molecule has 0 aliphatic heterocycles. The average Bonchev–Trinajstić information content (AvgIpc) is 3.12. The van der Waals surface area contributed by atoms with Crippen LogP contribution in [-0.2, 0) is 52.7 Å². The molecule has 25 heteroatoms. The summed E-state index contributed by atoms with van der Waals surface area (Å²) in [7, 11) is 0. The van der Waals surface area contributed by atoms with Crippen molar-refractivity contribution in [2.45, 2.75) is 95.0 Å². The Morgan fingerprint density at radius 1 is 0.579 bits per heavy atom. The zero-order valence-corrected chi connectivity index (χ0v) is 33.2. The highest BCUT2D eigenvalue weighted by molar-refractivity contribution is 7.98. The molecule has 7 amide bonds. The van der Waals surface area contributed by atoms with Gasteiger partial charge in [-0.2, -0.15) is 24.4 Å². The molecule has 0 heterocycles. The predicted molar refractivity (Wildman–Crippen MR) is 204 cm³/mol. The lowest BCUT2D eigenvalue weighted by Gasteiger charge is -2.24. The third-order valence-electron chi connectivity index (χ3n) is 7.56. The average molecular weight is 853 g/mol. The third kappa shape index (κ3) is 22.8. The summed E-state index contributed by atoms with van der Waals surface area (Å²) in [6.45, 7) is 1.91. The Hall–Kier alpha value is -5.17. The van der Waals surface area contributed by atoms with E-state index in [0.717, 1.165) is 0 Å². The number of rotatable bonds is 29. The fourth-order valence-electron chi connectivity index (χ4n) is 4.62. The second-order valence-corrected chi connectivity index (χ2v) is 14.2. The smallest absolute Gasteiger partial charge is 0.326 e. The summed E-state index contributed by atoms with van der Waals surface area (Å²) in [5, 5.41) is 52.4. The van der Waals surface area contributed by atoms with Gasteiger partial charge in [-0.15, -0.1) is 0 Å². The molecule has 0 spiro atoms. The van der Waals surface area contributed by atoms with E-state index in [1.165, 1.54) is 11.8 Å². The summed E-state index contributed by atoms with van der Waals surface area (Å²) in [6, 6.07) is -8.66. The summed E-state index contributed by atoms with van der Waals surface area (Å²) in [5.74, 6) is -12.4. The molecule has 322 valence electrons. The molecular formula is C32H52N8O15S2. The first-order chi connectivity index (χ1) is 26.6. The summed E-state index contributed by atoms with van der Waals surface area (Å²) >= 11 is 5.30. The van der Waals surface area contributed by atoms with Gasteiger partial charge in [0.2, 0.25) is 41.4 Å². The van der Waals surface area contributed by atoms with Gasteiger partial charge in [-0.05, 0) is 43.6 Å². The zero-order valence-electron chi connectivity index (χ0n) is 31.5. The summed E-state index contributed by atoms with van der Waals surface area (Å²) < 4.78 is 0. The topological polar surface area (TPSA) is 379 Å². The number of thiol groups is 1. The first-order valence-corrected chi connectivity index (χ1v) is 19.4. The Kier molecular flexibility index (Phi) is 24.9. The Morgan fingerprint density at radius 3 is 1.51 bits per heavy atom. The number of nitrogens with one attached hydrogen (secondary N) is 7. The van der Waals surface area contributed by atoms with Crippen molar-refractivity contribution in [1.29, 1.82) is 0 Å². The highest BCUT2D eigenvalue weighted by Crippen LogP contribution is 2.08. The van der Waals surface area contributed by atoms with Gasteiger partial charge in [-0.1, -0.05) is 13.8 Å². The van der Waals surface area contributed by atoms with E-state index in [1.807, 2.05) is 0 Å². The van der Waals surface area contributed by atoms with E-state index in [0.29, 0.717) is 5.75 Å². The van der Waals surface area contributed by atoms with Gasteiger partial charge in [0, 0.05) is 18.6 Å². The number of hydrogen-bond acceptors (Lipinski definition) is 14. The van der Waals surface area contributed by atoms with Crippen LogP contribution in [0.4, 0.5) is 0 Å². The molecule has 0 unspecified atom stereocenters. The fourth-order valence-corrected chi connectivity index (χ4v) is 5.35. The molecule has 0 aromatic heterocycles. The standard InChI is InChI=1S/C32H52N8O15S2/c1-15(2)10-20(32(54)55)40-29(51)17(5-7-25(45)46)38-31(53)21(14-56)37-23(42)13-35-28(50)19(11-26(47)48)39-30(52)18(8-9-57-3)36-22(41)12-34-27(49)16(33)4-6-24(43)44/h15-21,56H,4-14,33H2,1-3H3,(H,34,49)(H,35,50)(H,36,41)(H,37,42)(H,38,53)(H,39,52)(H,40,51)(H,43,44)(H,45,46)(H,47,48)(H,54,55)/t16-,17-,18-,19-,20-,21-/m0/s1. The number of aliphatic carboxylic acids is 4. The monoisotopic (exact) mass is 852 g/mol. The van der Waals surface area contributed by atoms with Crippen molar-refractivity contribution in [3.05, 3.63) is 0 Å². The maximum absolute atomic E-state index is 13.1. The van der Waals surface area contributed by atoms with Gasteiger partial charge in [0.15, 0.2) is 0 Å². The molecule has 0 aliphatic rings. The van der Waals surface area contributed by atoms with Crippen LogP contribution in [0.15, 0.2) is 0 Å². The molecule has 0 saturated carbocycles. The molecule has 0 aromatic carbocycles. The van der Waals surface area contributed by atoms with Crippen LogP contribution in [0.2, 0.25) is 0 Å². The van der Waals surface area contributed by atoms with Gasteiger partial charge in [0.1, 0.15) is 30.2 Å². The first kappa shape index (κ1) is 51.8. The van der Waals surface area contributed by atoms with Gasteiger partial charge < -0.3 is 63.4 Å². The second-order valence-electron chi connectivity index (χ2n) is 12.9. The third-order valence-corrected chi connectivity index (χ3v) is 8.57. The molecule has 0 aromatic rings. The summed E-state index contributed by atoms with van der Waals surface area (Å²) in [4.78, 5) is 134. The van der Waals surface area contributed by atoms with Crippen LogP contribution in [-0.4, -0.2) is 153 Å². The Balaban J connectivity index is 5.60. The molecule has 57 heavy (non-hydrogen) atoms. The van der Waals surface area contributed by atoms with Crippen LogP contribution in [0.1, 0.15) is 58.8 Å². The zero-order chi connectivity index (χ0) is 43.8. The lowest BCUT2D eigenvalue weighted by molar-refractivity contribution is -0.143. The largest absolute Gasteiger partial charge is 0.481 e. The van der Waals surface area contributed by atoms with Crippen molar-refractivity contribution < 1.29 is 73.2 Å². The van der Waals surface area contributed by atoms with E-state index >= 15 is 0 Å². The normalized spacial score (nSPS) is 13.9. The van der Waals surface area contributed by atoms with Crippen molar-refractivity contribution in [3.8, 4) is 0 Å². The van der Waals surface area contributed by atoms with Crippen LogP contribution in [0, 0.1) is 5.92 Å². The van der Waals surface area contributed by atoms with Crippen molar-refractivity contribution in [2.24, 2.45) is 11.7 Å². The molecule has 0 radical (unpaired) electrons. The minimum atomic E-state index is -1.77. The highest BCUT2D eigenvalue weighted by Gasteiger charge is 2.32. The molecule has 0 aliphatic carbocycles. The number of nitrogens with two attached hydrogens (primary N) is 1. The quantitative estimate of drug-likeness (QED) is 0.0319. The van der Waals surface area contributed by atoms with E-state index in [4.69, 9.17) is 15.9 Å². The highest BCUT2D eigenvalue weighted by atomic mass is 32.2. The number of amides is 7. The lowest BCUT2D eigenvalue weighted by atomic mass is 10.0. The maximum atomic E-state index is 13.1. The SMILES string of the molecule is CSCC[C@H](NC(=O)CNC(=O)[C@@H](N)CCC(=O)O)C(=O)N[C@@H](CC(=O)O)C(=O)NCC(=O)N[C@@H](CS)C(=O)N[C@@H](CCC(=O)O)C(=O)N[C@@H](CC(C)C)C(=O)O. The Morgan fingerprint density at radius 2 is 1.04 bits per heavy atom. The van der Waals surface area contributed by atoms with E-state index in [-0.39, 0.29) is 30.9 Å². The number of thioether (sulfide) groups is 1. The van der Waals surface area contributed by atoms with Crippen LogP contribution >= 0.6 is 24.4 Å².